The second-order valence-electron chi connectivity index (χ2n) is 4.79. The Labute approximate surface area is 109 Å². The number of phenolic OH excluding ortho intramolecular Hbond substituents is 1. The predicted octanol–water partition coefficient (Wildman–Crippen LogP) is 1.32. The summed E-state index contributed by atoms with van der Waals surface area (Å²) in [4.78, 5) is 24.5. The molecule has 2 atom stereocenters. The summed E-state index contributed by atoms with van der Waals surface area (Å²) in [5.74, 6) is -3.24. The number of nitrogens with zero attached hydrogens (tertiary/aromatic N) is 1. The average Bonchev–Trinajstić information content (AvgIpc) is 2.70. The first-order valence-corrected chi connectivity index (χ1v) is 5.90. The fourth-order valence-electron chi connectivity index (χ4n) is 2.31. The van der Waals surface area contributed by atoms with Crippen molar-refractivity contribution in [1.29, 1.82) is 0 Å². The van der Waals surface area contributed by atoms with Crippen LogP contribution in [0.5, 0.6) is 5.75 Å². The summed E-state index contributed by atoms with van der Waals surface area (Å²) in [5, 5.41) is 18.6. The number of halogens is 1. The topological polar surface area (TPSA) is 77.8 Å². The SMILES string of the molecule is C[C@@H]1CN(C(=O)c2ccc(F)cc2O)C[C@H]1C(=O)O. The Hall–Kier alpha value is -2.11. The van der Waals surface area contributed by atoms with Gasteiger partial charge in [0.05, 0.1) is 11.5 Å². The molecule has 0 aliphatic carbocycles. The van der Waals surface area contributed by atoms with Crippen molar-refractivity contribution in [2.45, 2.75) is 6.92 Å². The monoisotopic (exact) mass is 267 g/mol. The number of aliphatic carboxylic acids is 1. The molecule has 0 aromatic heterocycles. The Kier molecular flexibility index (Phi) is 3.42. The second kappa shape index (κ2) is 4.87. The van der Waals surface area contributed by atoms with E-state index in [0.29, 0.717) is 6.54 Å². The van der Waals surface area contributed by atoms with Crippen molar-refractivity contribution >= 4 is 11.9 Å². The number of benzene rings is 1. The zero-order valence-electron chi connectivity index (χ0n) is 10.3. The normalized spacial score (nSPS) is 22.5. The van der Waals surface area contributed by atoms with Gasteiger partial charge in [0, 0.05) is 19.2 Å². The van der Waals surface area contributed by atoms with Gasteiger partial charge in [-0.2, -0.15) is 0 Å². The van der Waals surface area contributed by atoms with Crippen molar-refractivity contribution in [3.05, 3.63) is 29.6 Å². The van der Waals surface area contributed by atoms with Gasteiger partial charge in [0.2, 0.25) is 0 Å². The van der Waals surface area contributed by atoms with Gasteiger partial charge in [-0.25, -0.2) is 4.39 Å². The summed E-state index contributed by atoms with van der Waals surface area (Å²) in [7, 11) is 0. The molecule has 0 radical (unpaired) electrons. The summed E-state index contributed by atoms with van der Waals surface area (Å²) in [6.45, 7) is 2.18. The Morgan fingerprint density at radius 3 is 2.58 bits per heavy atom. The molecule has 1 fully saturated rings. The highest BCUT2D eigenvalue weighted by atomic mass is 19.1. The molecule has 2 rings (SSSR count). The molecular weight excluding hydrogens is 253 g/mol. The van der Waals surface area contributed by atoms with Crippen molar-refractivity contribution in [3.63, 3.8) is 0 Å². The van der Waals surface area contributed by atoms with E-state index in [1.807, 2.05) is 0 Å². The molecule has 1 amide bonds. The maximum absolute atomic E-state index is 12.9. The van der Waals surface area contributed by atoms with Gasteiger partial charge in [-0.3, -0.25) is 9.59 Å². The highest BCUT2D eigenvalue weighted by Gasteiger charge is 2.37. The number of rotatable bonds is 2. The van der Waals surface area contributed by atoms with Crippen LogP contribution in [0.3, 0.4) is 0 Å². The Morgan fingerprint density at radius 2 is 2.05 bits per heavy atom. The van der Waals surface area contributed by atoms with Crippen LogP contribution in [0.15, 0.2) is 18.2 Å². The number of amides is 1. The van der Waals surface area contributed by atoms with Gasteiger partial charge in [-0.05, 0) is 18.1 Å². The maximum atomic E-state index is 12.9. The van der Waals surface area contributed by atoms with E-state index in [4.69, 9.17) is 5.11 Å². The largest absolute Gasteiger partial charge is 0.507 e. The molecule has 102 valence electrons. The van der Waals surface area contributed by atoms with Gasteiger partial charge in [-0.15, -0.1) is 0 Å². The first kappa shape index (κ1) is 13.3. The lowest BCUT2D eigenvalue weighted by Crippen LogP contribution is -2.30. The van der Waals surface area contributed by atoms with E-state index in [2.05, 4.69) is 0 Å². The van der Waals surface area contributed by atoms with Gasteiger partial charge < -0.3 is 15.1 Å². The van der Waals surface area contributed by atoms with E-state index in [1.165, 1.54) is 11.0 Å². The predicted molar refractivity (Wildman–Crippen MR) is 64.3 cm³/mol. The fraction of sp³-hybridized carbons (Fsp3) is 0.385. The molecule has 1 saturated heterocycles. The van der Waals surface area contributed by atoms with Gasteiger partial charge in [-0.1, -0.05) is 6.92 Å². The summed E-state index contributed by atoms with van der Waals surface area (Å²) in [5.41, 5.74) is -0.0142. The zero-order chi connectivity index (χ0) is 14.2. The summed E-state index contributed by atoms with van der Waals surface area (Å²) in [6, 6.07) is 3.15. The molecule has 1 aromatic carbocycles. The number of phenols is 1. The van der Waals surface area contributed by atoms with Crippen molar-refractivity contribution in [1.82, 2.24) is 4.90 Å². The molecule has 19 heavy (non-hydrogen) atoms. The van der Waals surface area contributed by atoms with Crippen molar-refractivity contribution in [3.8, 4) is 5.75 Å². The molecule has 0 unspecified atom stereocenters. The van der Waals surface area contributed by atoms with Crippen molar-refractivity contribution in [2.75, 3.05) is 13.1 Å². The van der Waals surface area contributed by atoms with Crippen LogP contribution >= 0.6 is 0 Å². The Morgan fingerprint density at radius 1 is 1.37 bits per heavy atom. The smallest absolute Gasteiger partial charge is 0.308 e. The molecule has 5 nitrogen and oxygen atoms in total. The highest BCUT2D eigenvalue weighted by molar-refractivity contribution is 5.97. The molecule has 1 aliphatic heterocycles. The van der Waals surface area contributed by atoms with Crippen LogP contribution < -0.4 is 0 Å². The molecule has 6 heteroatoms. The van der Waals surface area contributed by atoms with E-state index in [9.17, 15) is 19.1 Å². The van der Waals surface area contributed by atoms with Crippen LogP contribution in [0, 0.1) is 17.7 Å². The molecule has 0 bridgehead atoms. The first-order valence-electron chi connectivity index (χ1n) is 5.90. The van der Waals surface area contributed by atoms with E-state index < -0.39 is 29.4 Å². The maximum Gasteiger partial charge on any atom is 0.308 e. The lowest BCUT2D eigenvalue weighted by molar-refractivity contribution is -0.142. The molecule has 1 aliphatic rings. The summed E-state index contributed by atoms with van der Waals surface area (Å²) >= 11 is 0. The standard InChI is InChI=1S/C13H14FNO4/c1-7-5-15(6-10(7)13(18)19)12(17)9-3-2-8(14)4-11(9)16/h2-4,7,10,16H,5-6H2,1H3,(H,18,19)/t7-,10-/m1/s1. The van der Waals surface area contributed by atoms with E-state index in [1.54, 1.807) is 6.92 Å². The molecular formula is C13H14FNO4. The first-order chi connectivity index (χ1) is 8.90. The van der Waals surface area contributed by atoms with Crippen molar-refractivity contribution in [2.24, 2.45) is 11.8 Å². The number of carboxylic acid groups (broad SMARTS) is 1. The number of hydrogen-bond acceptors (Lipinski definition) is 3. The Balaban J connectivity index is 2.19. The third-order valence-corrected chi connectivity index (χ3v) is 3.41. The van der Waals surface area contributed by atoms with Gasteiger partial charge in [0.15, 0.2) is 0 Å². The van der Waals surface area contributed by atoms with Crippen molar-refractivity contribution < 1.29 is 24.2 Å². The van der Waals surface area contributed by atoms with Gasteiger partial charge in [0.25, 0.3) is 5.91 Å². The fourth-order valence-corrected chi connectivity index (χ4v) is 2.31. The number of carbonyl (C=O) groups excluding carboxylic acids is 1. The molecule has 1 aromatic rings. The van der Waals surface area contributed by atoms with Crippen LogP contribution in [0.25, 0.3) is 0 Å². The lowest BCUT2D eigenvalue weighted by Gasteiger charge is -2.16. The highest BCUT2D eigenvalue weighted by Crippen LogP contribution is 2.27. The average molecular weight is 267 g/mol. The Bertz CT molecular complexity index is 531. The molecule has 2 N–H and O–H groups in total. The minimum absolute atomic E-state index is 0.0142. The van der Waals surface area contributed by atoms with Crippen LogP contribution in [-0.4, -0.2) is 40.1 Å². The summed E-state index contributed by atoms with van der Waals surface area (Å²) in [6.07, 6.45) is 0. The third kappa shape index (κ3) is 2.52. The van der Waals surface area contributed by atoms with Gasteiger partial charge >= 0.3 is 5.97 Å². The quantitative estimate of drug-likeness (QED) is 0.847. The van der Waals surface area contributed by atoms with E-state index in [-0.39, 0.29) is 18.0 Å². The van der Waals surface area contributed by atoms with Crippen LogP contribution in [0.4, 0.5) is 4.39 Å². The summed E-state index contributed by atoms with van der Waals surface area (Å²) < 4.78 is 12.9. The number of aromatic hydroxyl groups is 1. The molecule has 1 heterocycles. The van der Waals surface area contributed by atoms with Crippen LogP contribution in [-0.2, 0) is 4.79 Å². The zero-order valence-corrected chi connectivity index (χ0v) is 10.3. The van der Waals surface area contributed by atoms with Crippen LogP contribution in [0.1, 0.15) is 17.3 Å². The van der Waals surface area contributed by atoms with E-state index in [0.717, 1.165) is 12.1 Å². The molecule has 0 saturated carbocycles. The van der Waals surface area contributed by atoms with Crippen LogP contribution in [0.2, 0.25) is 0 Å². The molecule has 0 spiro atoms. The second-order valence-corrected chi connectivity index (χ2v) is 4.79. The van der Waals surface area contributed by atoms with E-state index >= 15 is 0 Å². The third-order valence-electron chi connectivity index (χ3n) is 3.41. The van der Waals surface area contributed by atoms with Gasteiger partial charge in [0.1, 0.15) is 11.6 Å². The number of likely N-dealkylation sites (tertiary alicyclic amines) is 1. The minimum Gasteiger partial charge on any atom is -0.507 e. The number of carbonyl (C=O) groups is 2. The number of hydrogen-bond donors (Lipinski definition) is 2. The number of carboxylic acids is 1. The lowest BCUT2D eigenvalue weighted by atomic mass is 9.99. The minimum atomic E-state index is -0.939.